The molecule has 0 bridgehead atoms. The molecule has 0 aliphatic heterocycles. The molecule has 0 saturated heterocycles. The number of hydrogen-bond donors (Lipinski definition) is 2. The third-order valence-electron chi connectivity index (χ3n) is 4.12. The minimum Gasteiger partial charge on any atom is -0.354 e. The number of carbonyl (C=O) groups excluding carboxylic acids is 1. The monoisotopic (exact) mass is 316 g/mol. The van der Waals surface area contributed by atoms with E-state index in [9.17, 15) is 9.18 Å². The van der Waals surface area contributed by atoms with E-state index < -0.39 is 5.41 Å². The quantitative estimate of drug-likeness (QED) is 0.847. The lowest BCUT2D eigenvalue weighted by atomic mass is 9.83. The number of nitrogens with two attached hydrogens (primary N) is 1. The normalized spacial score (nSPS) is 11.7. The number of nitrogens with one attached hydrogen (secondary N) is 1. The molecule has 3 nitrogen and oxygen atoms in total. The van der Waals surface area contributed by atoms with Crippen molar-refractivity contribution >= 4 is 18.3 Å². The van der Waals surface area contributed by atoms with Crippen LogP contribution in [0.1, 0.15) is 46.1 Å². The highest BCUT2D eigenvalue weighted by Gasteiger charge is 2.31. The van der Waals surface area contributed by atoms with Gasteiger partial charge in [-0.25, -0.2) is 4.39 Å². The van der Waals surface area contributed by atoms with Crippen molar-refractivity contribution in [2.45, 2.75) is 51.5 Å². The minimum atomic E-state index is -0.787. The molecule has 0 fully saturated rings. The number of rotatable bonds is 6. The van der Waals surface area contributed by atoms with Gasteiger partial charge in [-0.05, 0) is 44.4 Å². The van der Waals surface area contributed by atoms with Crippen molar-refractivity contribution in [2.24, 2.45) is 5.73 Å². The van der Waals surface area contributed by atoms with Gasteiger partial charge < -0.3 is 11.1 Å². The Labute approximate surface area is 132 Å². The molecule has 0 aromatic heterocycles. The van der Waals surface area contributed by atoms with Gasteiger partial charge in [0.1, 0.15) is 5.82 Å². The van der Waals surface area contributed by atoms with Gasteiger partial charge in [-0.2, -0.15) is 0 Å². The fraction of sp³-hybridized carbons (Fsp3) is 0.562. The van der Waals surface area contributed by atoms with Crippen LogP contribution in [-0.2, 0) is 10.2 Å². The molecule has 1 rings (SSSR count). The van der Waals surface area contributed by atoms with Crippen LogP contribution in [0.5, 0.6) is 0 Å². The number of hydrogen-bond acceptors (Lipinski definition) is 2. The van der Waals surface area contributed by atoms with Crippen LogP contribution in [0.4, 0.5) is 4.39 Å². The molecular weight excluding hydrogens is 291 g/mol. The summed E-state index contributed by atoms with van der Waals surface area (Å²) in [7, 11) is 0. The van der Waals surface area contributed by atoms with Gasteiger partial charge in [0.05, 0.1) is 5.41 Å². The van der Waals surface area contributed by atoms with Crippen LogP contribution in [0.25, 0.3) is 0 Å². The summed E-state index contributed by atoms with van der Waals surface area (Å²) < 4.78 is 13.3. The zero-order valence-corrected chi connectivity index (χ0v) is 14.0. The average Bonchev–Trinajstić information content (AvgIpc) is 2.44. The summed E-state index contributed by atoms with van der Waals surface area (Å²) >= 11 is 0. The second-order valence-corrected chi connectivity index (χ2v) is 5.89. The Balaban J connectivity index is 0.00000400. The second-order valence-electron chi connectivity index (χ2n) is 5.89. The van der Waals surface area contributed by atoms with Crippen molar-refractivity contribution in [3.63, 3.8) is 0 Å². The summed E-state index contributed by atoms with van der Waals surface area (Å²) in [5, 5.41) is 2.90. The van der Waals surface area contributed by atoms with Crippen molar-refractivity contribution in [1.82, 2.24) is 5.32 Å². The van der Waals surface area contributed by atoms with Crippen LogP contribution in [0.15, 0.2) is 24.3 Å². The van der Waals surface area contributed by atoms with E-state index in [0.717, 1.165) is 12.8 Å². The first-order chi connectivity index (χ1) is 9.25. The lowest BCUT2D eigenvalue weighted by Crippen LogP contribution is -2.52. The van der Waals surface area contributed by atoms with E-state index in [1.165, 1.54) is 12.1 Å². The average molecular weight is 317 g/mol. The Morgan fingerprint density at radius 2 is 1.86 bits per heavy atom. The van der Waals surface area contributed by atoms with E-state index in [2.05, 4.69) is 5.32 Å². The van der Waals surface area contributed by atoms with Crippen molar-refractivity contribution < 1.29 is 9.18 Å². The Morgan fingerprint density at radius 3 is 2.33 bits per heavy atom. The molecular formula is C16H26ClFN2O. The van der Waals surface area contributed by atoms with E-state index >= 15 is 0 Å². The first-order valence-corrected chi connectivity index (χ1v) is 7.08. The lowest BCUT2D eigenvalue weighted by Gasteiger charge is -2.30. The fourth-order valence-corrected chi connectivity index (χ4v) is 1.99. The van der Waals surface area contributed by atoms with Gasteiger partial charge in [-0.15, -0.1) is 12.4 Å². The van der Waals surface area contributed by atoms with Gasteiger partial charge in [0, 0.05) is 12.1 Å². The van der Waals surface area contributed by atoms with E-state index in [1.54, 1.807) is 26.0 Å². The Bertz CT molecular complexity index is 473. The van der Waals surface area contributed by atoms with Crippen LogP contribution in [0.2, 0.25) is 0 Å². The van der Waals surface area contributed by atoms with Gasteiger partial charge in [-0.1, -0.05) is 26.0 Å². The maximum absolute atomic E-state index is 13.3. The first kappa shape index (κ1) is 19.9. The predicted molar refractivity (Wildman–Crippen MR) is 87.2 cm³/mol. The molecule has 5 heteroatoms. The summed E-state index contributed by atoms with van der Waals surface area (Å²) in [5.41, 5.74) is 5.67. The molecule has 0 aliphatic rings. The minimum absolute atomic E-state index is 0. The molecule has 0 saturated carbocycles. The Kier molecular flexibility index (Phi) is 7.34. The zero-order chi connectivity index (χ0) is 15.4. The molecule has 21 heavy (non-hydrogen) atoms. The molecule has 0 atom stereocenters. The maximum atomic E-state index is 13.3. The molecule has 3 N–H and O–H groups in total. The van der Waals surface area contributed by atoms with E-state index in [4.69, 9.17) is 5.73 Å². The first-order valence-electron chi connectivity index (χ1n) is 7.08. The molecule has 0 heterocycles. The second kappa shape index (κ2) is 7.76. The van der Waals surface area contributed by atoms with E-state index in [-0.39, 0.29) is 29.7 Å². The standard InChI is InChI=1S/C16H25FN2O.ClH/c1-5-16(18,6-2)11-19-14(20)15(3,4)12-8-7-9-13(17)10-12;/h7-10H,5-6,11,18H2,1-4H3,(H,19,20);1H. The van der Waals surface area contributed by atoms with Gasteiger partial charge in [0.2, 0.25) is 5.91 Å². The van der Waals surface area contributed by atoms with Gasteiger partial charge in [0.15, 0.2) is 0 Å². The highest BCUT2D eigenvalue weighted by molar-refractivity contribution is 5.87. The highest BCUT2D eigenvalue weighted by Crippen LogP contribution is 2.24. The van der Waals surface area contributed by atoms with Crippen LogP contribution in [0, 0.1) is 5.82 Å². The summed E-state index contributed by atoms with van der Waals surface area (Å²) in [6.45, 7) is 8.01. The van der Waals surface area contributed by atoms with Crippen LogP contribution >= 0.6 is 12.4 Å². The van der Waals surface area contributed by atoms with Crippen molar-refractivity contribution in [3.8, 4) is 0 Å². The smallest absolute Gasteiger partial charge is 0.230 e. The topological polar surface area (TPSA) is 55.1 Å². The van der Waals surface area contributed by atoms with E-state index in [0.29, 0.717) is 12.1 Å². The van der Waals surface area contributed by atoms with Crippen molar-refractivity contribution in [2.75, 3.05) is 6.54 Å². The van der Waals surface area contributed by atoms with Crippen LogP contribution in [0.3, 0.4) is 0 Å². The molecule has 0 unspecified atom stereocenters. The molecule has 1 aromatic rings. The highest BCUT2D eigenvalue weighted by atomic mass is 35.5. The van der Waals surface area contributed by atoms with Gasteiger partial charge in [0.25, 0.3) is 0 Å². The fourth-order valence-electron chi connectivity index (χ4n) is 1.99. The predicted octanol–water partition coefficient (Wildman–Crippen LogP) is 3.16. The third kappa shape index (κ3) is 4.97. The Morgan fingerprint density at radius 1 is 1.29 bits per heavy atom. The summed E-state index contributed by atoms with van der Waals surface area (Å²) in [6, 6.07) is 6.15. The SMILES string of the molecule is CCC(N)(CC)CNC(=O)C(C)(C)c1cccc(F)c1.Cl. The number of amides is 1. The van der Waals surface area contributed by atoms with E-state index in [1.807, 2.05) is 13.8 Å². The molecule has 1 amide bonds. The summed E-state index contributed by atoms with van der Waals surface area (Å²) in [6.07, 6.45) is 1.59. The maximum Gasteiger partial charge on any atom is 0.230 e. The Hall–Kier alpha value is -1.13. The molecule has 0 aliphatic carbocycles. The number of carbonyl (C=O) groups is 1. The molecule has 1 aromatic carbocycles. The number of halogens is 2. The van der Waals surface area contributed by atoms with Crippen molar-refractivity contribution in [3.05, 3.63) is 35.6 Å². The molecule has 0 spiro atoms. The molecule has 0 radical (unpaired) electrons. The largest absolute Gasteiger partial charge is 0.354 e. The van der Waals surface area contributed by atoms with Crippen LogP contribution in [-0.4, -0.2) is 18.0 Å². The number of benzene rings is 1. The van der Waals surface area contributed by atoms with Crippen LogP contribution < -0.4 is 11.1 Å². The van der Waals surface area contributed by atoms with Crippen molar-refractivity contribution in [1.29, 1.82) is 0 Å². The lowest BCUT2D eigenvalue weighted by molar-refractivity contribution is -0.125. The van der Waals surface area contributed by atoms with Gasteiger partial charge >= 0.3 is 0 Å². The zero-order valence-electron chi connectivity index (χ0n) is 13.2. The molecule has 120 valence electrons. The third-order valence-corrected chi connectivity index (χ3v) is 4.12. The summed E-state index contributed by atoms with van der Waals surface area (Å²) in [5.74, 6) is -0.474. The summed E-state index contributed by atoms with van der Waals surface area (Å²) in [4.78, 5) is 12.4. The van der Waals surface area contributed by atoms with Gasteiger partial charge in [-0.3, -0.25) is 4.79 Å².